The highest BCUT2D eigenvalue weighted by Gasteiger charge is 2.10. The molecule has 0 amide bonds. The van der Waals surface area contributed by atoms with Crippen molar-refractivity contribution in [2.24, 2.45) is 0 Å². The normalized spacial score (nSPS) is 11.5. The molecule has 1 N–H and O–H groups in total. The molecule has 1 atom stereocenters. The topological polar surface area (TPSA) is 54.3 Å². The van der Waals surface area contributed by atoms with Crippen LogP contribution in [0.25, 0.3) is 0 Å². The first-order valence-electron chi connectivity index (χ1n) is 7.12. The third-order valence-corrected chi connectivity index (χ3v) is 3.58. The van der Waals surface area contributed by atoms with Gasteiger partial charge in [0.15, 0.2) is 11.5 Å². The Labute approximate surface area is 131 Å². The SMILES string of the molecule is COc1ccc(C(C)NCc2cccc(C#N)c2)cc1OC. The first kappa shape index (κ1) is 15.9. The Morgan fingerprint density at radius 2 is 1.86 bits per heavy atom. The van der Waals surface area contributed by atoms with Gasteiger partial charge >= 0.3 is 0 Å². The van der Waals surface area contributed by atoms with Crippen LogP contribution in [0.1, 0.15) is 29.7 Å². The molecule has 2 rings (SSSR count). The standard InChI is InChI=1S/C18H20N2O2/c1-13(16-7-8-17(21-2)18(10-16)22-3)20-12-15-6-4-5-14(9-15)11-19/h4-10,13,20H,12H2,1-3H3. The third-order valence-electron chi connectivity index (χ3n) is 3.58. The number of rotatable bonds is 6. The zero-order valence-electron chi connectivity index (χ0n) is 13.1. The number of nitrogens with one attached hydrogen (secondary N) is 1. The summed E-state index contributed by atoms with van der Waals surface area (Å²) in [5, 5.41) is 12.4. The van der Waals surface area contributed by atoms with Gasteiger partial charge in [-0.25, -0.2) is 0 Å². The van der Waals surface area contributed by atoms with E-state index in [1.165, 1.54) is 0 Å². The fourth-order valence-corrected chi connectivity index (χ4v) is 2.26. The van der Waals surface area contributed by atoms with Gasteiger partial charge in [-0.1, -0.05) is 18.2 Å². The van der Waals surface area contributed by atoms with E-state index in [0.717, 1.165) is 22.6 Å². The second-order valence-corrected chi connectivity index (χ2v) is 5.03. The summed E-state index contributed by atoms with van der Waals surface area (Å²) in [7, 11) is 3.26. The van der Waals surface area contributed by atoms with Crippen LogP contribution in [0.15, 0.2) is 42.5 Å². The minimum Gasteiger partial charge on any atom is -0.493 e. The number of nitrogens with zero attached hydrogens (tertiary/aromatic N) is 1. The molecule has 0 saturated heterocycles. The van der Waals surface area contributed by atoms with Crippen LogP contribution in [0.2, 0.25) is 0 Å². The van der Waals surface area contributed by atoms with Crippen molar-refractivity contribution in [2.75, 3.05) is 14.2 Å². The molecule has 0 aromatic heterocycles. The van der Waals surface area contributed by atoms with Gasteiger partial charge in [0, 0.05) is 12.6 Å². The summed E-state index contributed by atoms with van der Waals surface area (Å²) in [5.74, 6) is 1.44. The van der Waals surface area contributed by atoms with E-state index >= 15 is 0 Å². The van der Waals surface area contributed by atoms with E-state index < -0.39 is 0 Å². The maximum absolute atomic E-state index is 8.93. The lowest BCUT2D eigenvalue weighted by atomic mass is 10.1. The molecule has 0 bridgehead atoms. The summed E-state index contributed by atoms with van der Waals surface area (Å²) in [6, 6.07) is 15.8. The number of hydrogen-bond acceptors (Lipinski definition) is 4. The Balaban J connectivity index is 2.05. The quantitative estimate of drug-likeness (QED) is 0.887. The molecule has 0 heterocycles. The molecule has 0 spiro atoms. The molecule has 0 saturated carbocycles. The molecule has 2 aromatic rings. The molecule has 114 valence electrons. The average molecular weight is 296 g/mol. The fourth-order valence-electron chi connectivity index (χ4n) is 2.26. The molecule has 2 aromatic carbocycles. The van der Waals surface area contributed by atoms with Gasteiger partial charge in [0.2, 0.25) is 0 Å². The second kappa shape index (κ2) is 7.48. The highest BCUT2D eigenvalue weighted by atomic mass is 16.5. The molecule has 0 aliphatic heterocycles. The van der Waals surface area contributed by atoms with Crippen LogP contribution in [-0.2, 0) is 6.54 Å². The smallest absolute Gasteiger partial charge is 0.161 e. The van der Waals surface area contributed by atoms with Crippen molar-refractivity contribution in [3.8, 4) is 17.6 Å². The molecule has 4 heteroatoms. The summed E-state index contributed by atoms with van der Waals surface area (Å²) in [4.78, 5) is 0. The lowest BCUT2D eigenvalue weighted by molar-refractivity contribution is 0.354. The lowest BCUT2D eigenvalue weighted by Gasteiger charge is -2.16. The van der Waals surface area contributed by atoms with Crippen LogP contribution < -0.4 is 14.8 Å². The molecule has 1 unspecified atom stereocenters. The van der Waals surface area contributed by atoms with E-state index in [9.17, 15) is 0 Å². The van der Waals surface area contributed by atoms with Gasteiger partial charge in [0.05, 0.1) is 25.9 Å². The molecule has 0 radical (unpaired) electrons. The number of nitriles is 1. The predicted octanol–water partition coefficient (Wildman–Crippen LogP) is 3.43. The summed E-state index contributed by atoms with van der Waals surface area (Å²) in [6.45, 7) is 2.79. The van der Waals surface area contributed by atoms with Gasteiger partial charge in [-0.05, 0) is 42.3 Å². The monoisotopic (exact) mass is 296 g/mol. The van der Waals surface area contributed by atoms with Crippen molar-refractivity contribution < 1.29 is 9.47 Å². The molecule has 4 nitrogen and oxygen atoms in total. The van der Waals surface area contributed by atoms with E-state index in [1.54, 1.807) is 20.3 Å². The Hall–Kier alpha value is -2.51. The Kier molecular flexibility index (Phi) is 5.40. The summed E-state index contributed by atoms with van der Waals surface area (Å²) in [6.07, 6.45) is 0. The van der Waals surface area contributed by atoms with E-state index in [4.69, 9.17) is 14.7 Å². The molecular weight excluding hydrogens is 276 g/mol. The molecule has 0 aliphatic rings. The molecule has 22 heavy (non-hydrogen) atoms. The zero-order valence-corrected chi connectivity index (χ0v) is 13.1. The van der Waals surface area contributed by atoms with Crippen molar-refractivity contribution in [3.63, 3.8) is 0 Å². The van der Waals surface area contributed by atoms with E-state index in [2.05, 4.69) is 18.3 Å². The largest absolute Gasteiger partial charge is 0.493 e. The minimum atomic E-state index is 0.158. The maximum Gasteiger partial charge on any atom is 0.161 e. The minimum absolute atomic E-state index is 0.158. The van der Waals surface area contributed by atoms with Crippen LogP contribution in [0, 0.1) is 11.3 Å². The van der Waals surface area contributed by atoms with Gasteiger partial charge in [0.1, 0.15) is 0 Å². The molecule has 0 fully saturated rings. The van der Waals surface area contributed by atoms with Crippen molar-refractivity contribution in [1.82, 2.24) is 5.32 Å². The second-order valence-electron chi connectivity index (χ2n) is 5.03. The molecular formula is C18H20N2O2. The van der Waals surface area contributed by atoms with Crippen molar-refractivity contribution in [2.45, 2.75) is 19.5 Å². The lowest BCUT2D eigenvalue weighted by Crippen LogP contribution is -2.18. The van der Waals surface area contributed by atoms with Crippen LogP contribution in [0.5, 0.6) is 11.5 Å². The summed E-state index contributed by atoms with van der Waals surface area (Å²) in [5.41, 5.74) is 2.89. The Morgan fingerprint density at radius 1 is 1.09 bits per heavy atom. The van der Waals surface area contributed by atoms with E-state index in [-0.39, 0.29) is 6.04 Å². The summed E-state index contributed by atoms with van der Waals surface area (Å²) >= 11 is 0. The summed E-state index contributed by atoms with van der Waals surface area (Å²) < 4.78 is 10.6. The number of hydrogen-bond donors (Lipinski definition) is 1. The van der Waals surface area contributed by atoms with Gasteiger partial charge < -0.3 is 14.8 Å². The van der Waals surface area contributed by atoms with Gasteiger partial charge in [-0.15, -0.1) is 0 Å². The van der Waals surface area contributed by atoms with Crippen LogP contribution >= 0.6 is 0 Å². The fraction of sp³-hybridized carbons (Fsp3) is 0.278. The molecule has 0 aliphatic carbocycles. The van der Waals surface area contributed by atoms with Crippen LogP contribution in [-0.4, -0.2) is 14.2 Å². The Bertz CT molecular complexity index is 677. The first-order valence-corrected chi connectivity index (χ1v) is 7.12. The van der Waals surface area contributed by atoms with Crippen molar-refractivity contribution in [1.29, 1.82) is 5.26 Å². The first-order chi connectivity index (χ1) is 10.7. The number of ether oxygens (including phenoxy) is 2. The average Bonchev–Trinajstić information content (AvgIpc) is 2.59. The van der Waals surface area contributed by atoms with Gasteiger partial charge in [0.25, 0.3) is 0 Å². The van der Waals surface area contributed by atoms with Gasteiger partial charge in [-0.2, -0.15) is 5.26 Å². The van der Waals surface area contributed by atoms with Gasteiger partial charge in [-0.3, -0.25) is 0 Å². The predicted molar refractivity (Wildman–Crippen MR) is 86.0 cm³/mol. The highest BCUT2D eigenvalue weighted by Crippen LogP contribution is 2.29. The Morgan fingerprint density at radius 3 is 2.55 bits per heavy atom. The van der Waals surface area contributed by atoms with Crippen molar-refractivity contribution >= 4 is 0 Å². The number of methoxy groups -OCH3 is 2. The number of benzene rings is 2. The zero-order chi connectivity index (χ0) is 15.9. The van der Waals surface area contributed by atoms with E-state index in [0.29, 0.717) is 12.1 Å². The maximum atomic E-state index is 8.93. The van der Waals surface area contributed by atoms with E-state index in [1.807, 2.05) is 36.4 Å². The van der Waals surface area contributed by atoms with Crippen LogP contribution in [0.3, 0.4) is 0 Å². The van der Waals surface area contributed by atoms with Crippen LogP contribution in [0.4, 0.5) is 0 Å². The van der Waals surface area contributed by atoms with Crippen molar-refractivity contribution in [3.05, 3.63) is 59.2 Å². The third kappa shape index (κ3) is 3.78. The highest BCUT2D eigenvalue weighted by molar-refractivity contribution is 5.43.